The molecule has 1 heterocycles. The van der Waals surface area contributed by atoms with Gasteiger partial charge in [-0.15, -0.1) is 0 Å². The Balaban J connectivity index is 2.15. The Morgan fingerprint density at radius 1 is 1.09 bits per heavy atom. The van der Waals surface area contributed by atoms with E-state index in [9.17, 15) is 13.2 Å². The Labute approximate surface area is 135 Å². The summed E-state index contributed by atoms with van der Waals surface area (Å²) in [4.78, 5) is 11.9. The molecule has 124 valence electrons. The third kappa shape index (κ3) is 4.59. The molecule has 0 aliphatic carbocycles. The van der Waals surface area contributed by atoms with Gasteiger partial charge in [0, 0.05) is 12.3 Å². The standard InChI is InChI=1S/C16H19NO5S/c1-12-5-7-14(8-6-12)23(19,20)22-13-9-10-17(11-13)15(18)21-16(2,3)4/h5-11H,1-4H3. The van der Waals surface area contributed by atoms with Crippen molar-refractivity contribution >= 4 is 16.2 Å². The maximum absolute atomic E-state index is 12.2. The van der Waals surface area contributed by atoms with Crippen molar-refractivity contribution < 1.29 is 22.1 Å². The highest BCUT2D eigenvalue weighted by Crippen LogP contribution is 2.20. The molecule has 0 aliphatic rings. The summed E-state index contributed by atoms with van der Waals surface area (Å²) in [7, 11) is -3.94. The number of carbonyl (C=O) groups is 1. The van der Waals surface area contributed by atoms with E-state index in [-0.39, 0.29) is 10.6 Å². The third-order valence-electron chi connectivity index (χ3n) is 2.79. The third-order valence-corrected chi connectivity index (χ3v) is 4.05. The first-order valence-electron chi connectivity index (χ1n) is 6.99. The molecule has 0 atom stereocenters. The Bertz CT molecular complexity index is 798. The maximum atomic E-state index is 12.2. The molecular formula is C16H19NO5S. The predicted octanol–water partition coefficient (Wildman–Crippen LogP) is 3.35. The second kappa shape index (κ2) is 6.08. The minimum Gasteiger partial charge on any atom is -0.443 e. The van der Waals surface area contributed by atoms with Gasteiger partial charge >= 0.3 is 16.2 Å². The lowest BCUT2D eigenvalue weighted by atomic mass is 10.2. The first kappa shape index (κ1) is 17.1. The molecule has 6 nitrogen and oxygen atoms in total. The predicted molar refractivity (Wildman–Crippen MR) is 85.1 cm³/mol. The van der Waals surface area contributed by atoms with Crippen molar-refractivity contribution in [3.63, 3.8) is 0 Å². The van der Waals surface area contributed by atoms with Gasteiger partial charge in [-0.05, 0) is 39.8 Å². The Morgan fingerprint density at radius 2 is 1.70 bits per heavy atom. The molecule has 0 aliphatic heterocycles. The first-order valence-corrected chi connectivity index (χ1v) is 8.40. The second-order valence-electron chi connectivity index (χ2n) is 6.09. The molecule has 0 saturated carbocycles. The lowest BCUT2D eigenvalue weighted by Crippen LogP contribution is -2.26. The average Bonchev–Trinajstić information content (AvgIpc) is 2.85. The van der Waals surface area contributed by atoms with Crippen LogP contribution in [0.1, 0.15) is 26.3 Å². The van der Waals surface area contributed by atoms with Gasteiger partial charge in [-0.1, -0.05) is 17.7 Å². The van der Waals surface area contributed by atoms with Gasteiger partial charge in [-0.2, -0.15) is 8.42 Å². The molecule has 0 bridgehead atoms. The molecule has 23 heavy (non-hydrogen) atoms. The molecule has 0 saturated heterocycles. The molecule has 2 aromatic rings. The molecular weight excluding hydrogens is 318 g/mol. The number of aromatic nitrogens is 1. The number of aryl methyl sites for hydroxylation is 1. The number of rotatable bonds is 3. The maximum Gasteiger partial charge on any atom is 0.418 e. The molecule has 7 heteroatoms. The quantitative estimate of drug-likeness (QED) is 0.803. The monoisotopic (exact) mass is 337 g/mol. The second-order valence-corrected chi connectivity index (χ2v) is 7.63. The number of benzene rings is 1. The highest BCUT2D eigenvalue weighted by Gasteiger charge is 2.20. The zero-order valence-electron chi connectivity index (χ0n) is 13.4. The van der Waals surface area contributed by atoms with Crippen molar-refractivity contribution in [1.29, 1.82) is 0 Å². The van der Waals surface area contributed by atoms with Crippen molar-refractivity contribution in [3.05, 3.63) is 48.3 Å². The van der Waals surface area contributed by atoms with Crippen molar-refractivity contribution in [2.75, 3.05) is 0 Å². The van der Waals surface area contributed by atoms with Crippen LogP contribution in [0, 0.1) is 6.92 Å². The zero-order valence-corrected chi connectivity index (χ0v) is 14.3. The molecule has 0 amide bonds. The van der Waals surface area contributed by atoms with Crippen LogP contribution in [0.2, 0.25) is 0 Å². The van der Waals surface area contributed by atoms with Gasteiger partial charge in [0.2, 0.25) is 0 Å². The largest absolute Gasteiger partial charge is 0.443 e. The van der Waals surface area contributed by atoms with E-state index in [4.69, 9.17) is 8.92 Å². The van der Waals surface area contributed by atoms with Crippen LogP contribution in [0.3, 0.4) is 0 Å². The van der Waals surface area contributed by atoms with Gasteiger partial charge in [-0.25, -0.2) is 4.79 Å². The Hall–Kier alpha value is -2.28. The van der Waals surface area contributed by atoms with E-state index in [1.165, 1.54) is 30.6 Å². The summed E-state index contributed by atoms with van der Waals surface area (Å²) in [6.07, 6.45) is 2.04. The molecule has 0 radical (unpaired) electrons. The number of carbonyl (C=O) groups excluding carboxylic acids is 1. The molecule has 0 unspecified atom stereocenters. The summed E-state index contributed by atoms with van der Waals surface area (Å²) in [6, 6.07) is 7.69. The summed E-state index contributed by atoms with van der Waals surface area (Å²) in [6.45, 7) is 7.09. The fourth-order valence-electron chi connectivity index (χ4n) is 1.73. The highest BCUT2D eigenvalue weighted by molar-refractivity contribution is 7.87. The molecule has 1 aromatic carbocycles. The van der Waals surface area contributed by atoms with Crippen LogP contribution < -0.4 is 4.18 Å². The summed E-state index contributed by atoms with van der Waals surface area (Å²) >= 11 is 0. The minimum absolute atomic E-state index is 0.0384. The van der Waals surface area contributed by atoms with Gasteiger partial charge < -0.3 is 8.92 Å². The summed E-state index contributed by atoms with van der Waals surface area (Å²) in [5.41, 5.74) is 0.302. The minimum atomic E-state index is -3.94. The van der Waals surface area contributed by atoms with Crippen LogP contribution in [0.15, 0.2) is 47.6 Å². The normalized spacial score (nSPS) is 12.0. The van der Waals surface area contributed by atoms with E-state index >= 15 is 0 Å². The topological polar surface area (TPSA) is 74.6 Å². The molecule has 0 fully saturated rings. The van der Waals surface area contributed by atoms with Gasteiger partial charge in [0.25, 0.3) is 0 Å². The van der Waals surface area contributed by atoms with Crippen molar-refractivity contribution in [2.24, 2.45) is 0 Å². The van der Waals surface area contributed by atoms with Crippen LogP contribution in [-0.2, 0) is 14.9 Å². The SMILES string of the molecule is Cc1ccc(S(=O)(=O)Oc2ccn(C(=O)OC(C)(C)C)c2)cc1. The summed E-state index contributed by atoms with van der Waals surface area (Å²) < 4.78 is 35.7. The molecule has 2 rings (SSSR count). The Morgan fingerprint density at radius 3 is 2.26 bits per heavy atom. The van der Waals surface area contributed by atoms with E-state index in [0.717, 1.165) is 10.1 Å². The van der Waals surface area contributed by atoms with Crippen LogP contribution in [0.5, 0.6) is 5.75 Å². The van der Waals surface area contributed by atoms with Crippen molar-refractivity contribution in [2.45, 2.75) is 38.2 Å². The summed E-state index contributed by atoms with van der Waals surface area (Å²) in [5.74, 6) is 0.0384. The lowest BCUT2D eigenvalue weighted by Gasteiger charge is -2.19. The van der Waals surface area contributed by atoms with E-state index in [1.54, 1.807) is 32.9 Å². The number of hydrogen-bond acceptors (Lipinski definition) is 5. The van der Waals surface area contributed by atoms with Gasteiger partial charge in [0.1, 0.15) is 10.5 Å². The Kier molecular flexibility index (Phi) is 4.51. The van der Waals surface area contributed by atoms with Gasteiger partial charge in [-0.3, -0.25) is 4.57 Å². The van der Waals surface area contributed by atoms with E-state index in [2.05, 4.69) is 0 Å². The van der Waals surface area contributed by atoms with Crippen LogP contribution >= 0.6 is 0 Å². The number of ether oxygens (including phenoxy) is 1. The average molecular weight is 337 g/mol. The van der Waals surface area contributed by atoms with Crippen LogP contribution in [-0.4, -0.2) is 24.7 Å². The van der Waals surface area contributed by atoms with E-state index < -0.39 is 21.8 Å². The van der Waals surface area contributed by atoms with Gasteiger partial charge in [0.15, 0.2) is 5.75 Å². The first-order chi connectivity index (χ1) is 10.6. The van der Waals surface area contributed by atoms with Crippen molar-refractivity contribution in [3.8, 4) is 5.75 Å². The van der Waals surface area contributed by atoms with Crippen LogP contribution in [0.4, 0.5) is 4.79 Å². The smallest absolute Gasteiger partial charge is 0.418 e. The van der Waals surface area contributed by atoms with Crippen LogP contribution in [0.25, 0.3) is 0 Å². The number of hydrogen-bond donors (Lipinski definition) is 0. The van der Waals surface area contributed by atoms with Crippen molar-refractivity contribution in [1.82, 2.24) is 4.57 Å². The highest BCUT2D eigenvalue weighted by atomic mass is 32.2. The molecule has 0 N–H and O–H groups in total. The fraction of sp³-hybridized carbons (Fsp3) is 0.312. The van der Waals surface area contributed by atoms with E-state index in [1.807, 2.05) is 6.92 Å². The molecule has 0 spiro atoms. The van der Waals surface area contributed by atoms with Gasteiger partial charge in [0.05, 0.1) is 6.20 Å². The zero-order chi connectivity index (χ0) is 17.3. The fourth-order valence-corrected chi connectivity index (χ4v) is 2.65. The summed E-state index contributed by atoms with van der Waals surface area (Å²) in [5, 5.41) is 0. The van der Waals surface area contributed by atoms with E-state index in [0.29, 0.717) is 0 Å². The molecule has 1 aromatic heterocycles. The number of nitrogens with zero attached hydrogens (tertiary/aromatic N) is 1. The lowest BCUT2D eigenvalue weighted by molar-refractivity contribution is 0.0537.